The number of benzene rings is 2. The second kappa shape index (κ2) is 8.76. The molecule has 2 aromatic rings. The van der Waals surface area contributed by atoms with Crippen molar-refractivity contribution >= 4 is 17.9 Å². The van der Waals surface area contributed by atoms with E-state index in [0.29, 0.717) is 16.7 Å². The van der Waals surface area contributed by atoms with Crippen molar-refractivity contribution in [1.29, 1.82) is 10.8 Å². The van der Waals surface area contributed by atoms with Gasteiger partial charge in [0.05, 0.1) is 12.0 Å². The quantitative estimate of drug-likeness (QED) is 0.468. The Kier molecular flexibility index (Phi) is 6.63. The van der Waals surface area contributed by atoms with Gasteiger partial charge in [-0.1, -0.05) is 24.3 Å². The number of amides is 1. The van der Waals surface area contributed by atoms with Crippen molar-refractivity contribution in [3.63, 3.8) is 0 Å². The van der Waals surface area contributed by atoms with Gasteiger partial charge in [0.2, 0.25) is 0 Å². The summed E-state index contributed by atoms with van der Waals surface area (Å²) >= 11 is 0. The van der Waals surface area contributed by atoms with Crippen LogP contribution in [0.5, 0.6) is 0 Å². The van der Waals surface area contributed by atoms with Gasteiger partial charge in [-0.3, -0.25) is 10.8 Å². The number of alkyl halides is 3. The summed E-state index contributed by atoms with van der Waals surface area (Å²) in [5.74, 6) is -0.480. The van der Waals surface area contributed by atoms with E-state index in [9.17, 15) is 18.0 Å². The van der Waals surface area contributed by atoms with E-state index in [1.807, 2.05) is 0 Å². The average Bonchev–Trinajstić information content (AvgIpc) is 2.60. The average molecular weight is 407 g/mol. The number of rotatable bonds is 5. The van der Waals surface area contributed by atoms with Crippen molar-refractivity contribution in [3.8, 4) is 11.1 Å². The molecule has 2 aromatic carbocycles. The Balaban J connectivity index is 2.39. The minimum absolute atomic E-state index is 0.156. The van der Waals surface area contributed by atoms with Gasteiger partial charge in [0.1, 0.15) is 6.10 Å². The fourth-order valence-electron chi connectivity index (χ4n) is 2.77. The number of carbonyl (C=O) groups is 1. The molecule has 9 heteroatoms. The molecule has 0 aromatic heterocycles. The van der Waals surface area contributed by atoms with Crippen molar-refractivity contribution in [2.75, 3.05) is 0 Å². The largest absolute Gasteiger partial charge is 0.441 e. The molecular weight excluding hydrogens is 387 g/mol. The maximum Gasteiger partial charge on any atom is 0.416 e. The Hall–Kier alpha value is -3.36. The van der Waals surface area contributed by atoms with Crippen molar-refractivity contribution in [2.45, 2.75) is 32.5 Å². The monoisotopic (exact) mass is 407 g/mol. The van der Waals surface area contributed by atoms with Crippen molar-refractivity contribution in [2.24, 2.45) is 5.73 Å². The van der Waals surface area contributed by atoms with E-state index in [4.69, 9.17) is 26.0 Å². The van der Waals surface area contributed by atoms with Crippen LogP contribution >= 0.6 is 0 Å². The molecule has 0 aliphatic rings. The number of primary amides is 1. The summed E-state index contributed by atoms with van der Waals surface area (Å²) in [7, 11) is 0. The molecule has 0 aliphatic heterocycles. The normalized spacial score (nSPS) is 12.2. The van der Waals surface area contributed by atoms with Gasteiger partial charge in [0.15, 0.2) is 11.8 Å². The minimum atomic E-state index is -4.43. The van der Waals surface area contributed by atoms with Crippen LogP contribution in [0.1, 0.15) is 36.1 Å². The lowest BCUT2D eigenvalue weighted by Gasteiger charge is -2.20. The number of halogens is 3. The van der Waals surface area contributed by atoms with Crippen molar-refractivity contribution in [1.82, 2.24) is 0 Å². The van der Waals surface area contributed by atoms with Crippen LogP contribution in [-0.4, -0.2) is 17.9 Å². The van der Waals surface area contributed by atoms with Crippen molar-refractivity contribution in [3.05, 3.63) is 59.2 Å². The predicted molar refractivity (Wildman–Crippen MR) is 102 cm³/mol. The highest BCUT2D eigenvalue weighted by Gasteiger charge is 2.30. The summed E-state index contributed by atoms with van der Waals surface area (Å²) in [6, 6.07) is 9.80. The van der Waals surface area contributed by atoms with Crippen LogP contribution in [0.2, 0.25) is 0 Å². The van der Waals surface area contributed by atoms with Gasteiger partial charge in [-0.15, -0.1) is 0 Å². The zero-order valence-corrected chi connectivity index (χ0v) is 15.8. The van der Waals surface area contributed by atoms with E-state index in [2.05, 4.69) is 0 Å². The van der Waals surface area contributed by atoms with Gasteiger partial charge in [-0.25, -0.2) is 4.79 Å². The van der Waals surface area contributed by atoms with Gasteiger partial charge < -0.3 is 15.2 Å². The van der Waals surface area contributed by atoms with Crippen molar-refractivity contribution < 1.29 is 27.4 Å². The van der Waals surface area contributed by atoms with Gasteiger partial charge >= 0.3 is 12.3 Å². The van der Waals surface area contributed by atoms with Gasteiger partial charge in [0, 0.05) is 6.92 Å². The highest BCUT2D eigenvalue weighted by molar-refractivity contribution is 5.87. The maximum absolute atomic E-state index is 12.8. The summed E-state index contributed by atoms with van der Waals surface area (Å²) in [4.78, 5) is 11.3. The third kappa shape index (κ3) is 6.06. The molecule has 1 atom stereocenters. The van der Waals surface area contributed by atoms with Crippen LogP contribution in [0, 0.1) is 17.7 Å². The molecule has 1 amide bonds. The van der Waals surface area contributed by atoms with Gasteiger partial charge in [0.25, 0.3) is 0 Å². The van der Waals surface area contributed by atoms with Gasteiger partial charge in [-0.2, -0.15) is 13.2 Å². The standard InChI is InChI=1S/C20H20F3N3O3/c1-11-3-4-14(13-5-7-15(8-6-13)20(21,22)23)9-16(11)17(29-19(26)27)10-18(25)28-12(2)24/h3-9,17,24-25H,10H2,1-2H3,(H2,26,27). The van der Waals surface area contributed by atoms with E-state index in [0.717, 1.165) is 17.7 Å². The number of nitrogens with one attached hydrogen (secondary N) is 2. The van der Waals surface area contributed by atoms with Crippen LogP contribution in [0.3, 0.4) is 0 Å². The second-order valence-electron chi connectivity index (χ2n) is 6.36. The number of hydrogen-bond donors (Lipinski definition) is 3. The number of aryl methyl sites for hydroxylation is 1. The number of nitrogens with two attached hydrogens (primary N) is 1. The molecule has 1 unspecified atom stereocenters. The first kappa shape index (κ1) is 21.9. The first-order chi connectivity index (χ1) is 13.5. The highest BCUT2D eigenvalue weighted by atomic mass is 19.4. The molecule has 0 fully saturated rings. The van der Waals surface area contributed by atoms with E-state index in [-0.39, 0.29) is 18.2 Å². The van der Waals surface area contributed by atoms with Crippen LogP contribution in [0.4, 0.5) is 18.0 Å². The third-order valence-electron chi connectivity index (χ3n) is 4.08. The summed E-state index contributed by atoms with van der Waals surface area (Å²) in [6.45, 7) is 3.12. The molecule has 154 valence electrons. The van der Waals surface area contributed by atoms with E-state index < -0.39 is 23.9 Å². The fraction of sp³-hybridized carbons (Fsp3) is 0.250. The first-order valence-corrected chi connectivity index (χ1v) is 8.52. The predicted octanol–water partition coefficient (Wildman–Crippen LogP) is 5.20. The Bertz CT molecular complexity index is 925. The molecule has 0 spiro atoms. The Morgan fingerprint density at radius 1 is 1.10 bits per heavy atom. The van der Waals surface area contributed by atoms with Crippen LogP contribution < -0.4 is 5.73 Å². The van der Waals surface area contributed by atoms with Crippen LogP contribution in [-0.2, 0) is 15.7 Å². The topological polar surface area (TPSA) is 109 Å². The summed E-state index contributed by atoms with van der Waals surface area (Å²) in [5, 5.41) is 15.1. The lowest BCUT2D eigenvalue weighted by molar-refractivity contribution is -0.137. The SMILES string of the molecule is CC(=N)OC(=N)CC(OC(N)=O)c1cc(-c2ccc(C(F)(F)F)cc2)ccc1C. The molecule has 0 aliphatic carbocycles. The second-order valence-corrected chi connectivity index (χ2v) is 6.36. The number of carbonyl (C=O) groups excluding carboxylic acids is 1. The molecule has 0 saturated carbocycles. The third-order valence-corrected chi connectivity index (χ3v) is 4.08. The molecule has 0 heterocycles. The molecule has 0 bridgehead atoms. The molecular formula is C20H20F3N3O3. The molecule has 29 heavy (non-hydrogen) atoms. The van der Waals surface area contributed by atoms with E-state index in [1.165, 1.54) is 19.1 Å². The first-order valence-electron chi connectivity index (χ1n) is 8.52. The Morgan fingerprint density at radius 3 is 2.21 bits per heavy atom. The fourth-order valence-corrected chi connectivity index (χ4v) is 2.77. The molecule has 4 N–H and O–H groups in total. The summed E-state index contributed by atoms with van der Waals surface area (Å²) in [6.07, 6.45) is -6.58. The minimum Gasteiger partial charge on any atom is -0.441 e. The zero-order chi connectivity index (χ0) is 21.8. The van der Waals surface area contributed by atoms with Gasteiger partial charge in [-0.05, 0) is 47.4 Å². The van der Waals surface area contributed by atoms with Crippen LogP contribution in [0.25, 0.3) is 11.1 Å². The number of ether oxygens (including phenoxy) is 2. The highest BCUT2D eigenvalue weighted by Crippen LogP contribution is 2.33. The Labute approximate surface area is 165 Å². The smallest absolute Gasteiger partial charge is 0.416 e. The summed E-state index contributed by atoms with van der Waals surface area (Å²) in [5.41, 5.74) is 6.79. The molecule has 0 saturated heterocycles. The molecule has 6 nitrogen and oxygen atoms in total. The van der Waals surface area contributed by atoms with Crippen LogP contribution in [0.15, 0.2) is 42.5 Å². The zero-order valence-electron chi connectivity index (χ0n) is 15.8. The Morgan fingerprint density at radius 2 is 1.69 bits per heavy atom. The van der Waals surface area contributed by atoms with E-state index >= 15 is 0 Å². The lowest BCUT2D eigenvalue weighted by Crippen LogP contribution is -2.21. The number of hydrogen-bond acceptors (Lipinski definition) is 5. The van der Waals surface area contributed by atoms with E-state index in [1.54, 1.807) is 25.1 Å². The lowest BCUT2D eigenvalue weighted by atomic mass is 9.95. The maximum atomic E-state index is 12.8. The molecule has 2 rings (SSSR count). The molecule has 0 radical (unpaired) electrons. The summed E-state index contributed by atoms with van der Waals surface area (Å²) < 4.78 is 48.3.